The minimum atomic E-state index is 0.102. The van der Waals surface area contributed by atoms with Crippen molar-refractivity contribution < 1.29 is 4.79 Å². The van der Waals surface area contributed by atoms with Crippen LogP contribution in [0.1, 0.15) is 52.4 Å². The molecule has 22 heavy (non-hydrogen) atoms. The number of rotatable bonds is 1. The molecule has 3 saturated carbocycles. The number of hydrogen-bond donors (Lipinski definition) is 2. The summed E-state index contributed by atoms with van der Waals surface area (Å²) in [6.45, 7) is 5.77. The quantitative estimate of drug-likeness (QED) is 0.782. The van der Waals surface area contributed by atoms with Crippen LogP contribution in [0.4, 0.5) is 0 Å². The summed E-state index contributed by atoms with van der Waals surface area (Å²) in [5.41, 5.74) is 6.72. The Balaban J connectivity index is 1.66. The van der Waals surface area contributed by atoms with Gasteiger partial charge in [0.25, 0.3) is 0 Å². The second kappa shape index (κ2) is 4.83. The predicted octanol–water partition coefficient (Wildman–Crippen LogP) is 2.86. The van der Waals surface area contributed by atoms with Gasteiger partial charge in [-0.05, 0) is 80.2 Å². The van der Waals surface area contributed by atoms with Gasteiger partial charge in [0, 0.05) is 11.5 Å². The third-order valence-electron chi connectivity index (χ3n) is 8.17. The molecule has 0 saturated heterocycles. The second-order valence-electron chi connectivity index (χ2n) is 8.77. The topological polar surface area (TPSA) is 55.1 Å². The van der Waals surface area contributed by atoms with Crippen molar-refractivity contribution in [3.8, 4) is 0 Å². The van der Waals surface area contributed by atoms with E-state index in [4.69, 9.17) is 5.73 Å². The largest absolute Gasteiger partial charge is 0.349 e. The highest BCUT2D eigenvalue weighted by molar-refractivity contribution is 5.89. The third kappa shape index (κ3) is 1.81. The van der Waals surface area contributed by atoms with Crippen LogP contribution in [0, 0.1) is 34.5 Å². The third-order valence-corrected chi connectivity index (χ3v) is 8.17. The van der Waals surface area contributed by atoms with Gasteiger partial charge in [0.1, 0.15) is 0 Å². The van der Waals surface area contributed by atoms with E-state index < -0.39 is 0 Å². The van der Waals surface area contributed by atoms with Gasteiger partial charge in [0.2, 0.25) is 5.91 Å². The first-order chi connectivity index (χ1) is 10.5. The summed E-state index contributed by atoms with van der Waals surface area (Å²) < 4.78 is 0. The Morgan fingerprint density at radius 2 is 2.00 bits per heavy atom. The molecule has 1 heterocycles. The fraction of sp³-hybridized carbons (Fsp3) is 0.842. The minimum Gasteiger partial charge on any atom is -0.349 e. The fourth-order valence-corrected chi connectivity index (χ4v) is 6.83. The van der Waals surface area contributed by atoms with Gasteiger partial charge in [0.15, 0.2) is 0 Å². The zero-order valence-electron chi connectivity index (χ0n) is 14.0. The van der Waals surface area contributed by atoms with Gasteiger partial charge in [-0.3, -0.25) is 4.79 Å². The number of nitrogens with two attached hydrogens (primary N) is 1. The normalized spacial score (nSPS) is 53.4. The Kier molecular flexibility index (Phi) is 3.24. The monoisotopic (exact) mass is 302 g/mol. The average molecular weight is 302 g/mol. The number of amides is 1. The molecular formula is C19H30N2O. The van der Waals surface area contributed by atoms with Crippen LogP contribution in [-0.2, 0) is 4.79 Å². The number of fused-ring (bicyclic) bond motifs is 5. The molecule has 0 radical (unpaired) electrons. The Hall–Kier alpha value is -0.830. The van der Waals surface area contributed by atoms with Crippen LogP contribution in [0.2, 0.25) is 0 Å². The van der Waals surface area contributed by atoms with Gasteiger partial charge >= 0.3 is 0 Å². The standard InChI is InChI=1S/C19H30N2O/c1-18-9-7-15-13(14(18)5-3-12(18)11-20)4-6-16-19(15,2)10-8-17(22)21-16/h8,10,12-16H,3-7,9,11,20H2,1-2H3,(H,21,22)/t12-,13?,14?,15?,16?,18-,19-/m1/s1. The molecule has 1 amide bonds. The molecule has 4 aliphatic rings. The van der Waals surface area contributed by atoms with Crippen LogP contribution in [0.25, 0.3) is 0 Å². The molecule has 1 aliphatic heterocycles. The number of carbonyl (C=O) groups excluding carboxylic acids is 1. The average Bonchev–Trinajstić information content (AvgIpc) is 2.84. The highest BCUT2D eigenvalue weighted by Gasteiger charge is 2.59. The van der Waals surface area contributed by atoms with Gasteiger partial charge in [-0.1, -0.05) is 19.9 Å². The van der Waals surface area contributed by atoms with E-state index in [0.29, 0.717) is 11.5 Å². The van der Waals surface area contributed by atoms with E-state index in [2.05, 4.69) is 25.2 Å². The SMILES string of the molecule is C[C@]12C=CC(=O)NC1CCC1C2CC[C@@]2(C)C1CC[C@@H]2CN. The molecule has 122 valence electrons. The van der Waals surface area contributed by atoms with E-state index >= 15 is 0 Å². The molecule has 3 nitrogen and oxygen atoms in total. The summed E-state index contributed by atoms with van der Waals surface area (Å²) in [5, 5.41) is 3.24. The number of hydrogen-bond acceptors (Lipinski definition) is 2. The van der Waals surface area contributed by atoms with Gasteiger partial charge in [-0.15, -0.1) is 0 Å². The molecule has 0 spiro atoms. The summed E-state index contributed by atoms with van der Waals surface area (Å²) in [6.07, 6.45) is 11.8. The molecule has 4 unspecified atom stereocenters. The van der Waals surface area contributed by atoms with Gasteiger partial charge < -0.3 is 11.1 Å². The van der Waals surface area contributed by atoms with Crippen LogP contribution in [0.5, 0.6) is 0 Å². The van der Waals surface area contributed by atoms with Crippen LogP contribution < -0.4 is 11.1 Å². The number of carbonyl (C=O) groups is 1. The van der Waals surface area contributed by atoms with Gasteiger partial charge in [0.05, 0.1) is 0 Å². The Labute approximate surface area is 134 Å². The molecule has 7 atom stereocenters. The van der Waals surface area contributed by atoms with Crippen molar-refractivity contribution in [1.29, 1.82) is 0 Å². The second-order valence-corrected chi connectivity index (χ2v) is 8.77. The van der Waals surface area contributed by atoms with E-state index in [-0.39, 0.29) is 11.3 Å². The van der Waals surface area contributed by atoms with E-state index in [1.165, 1.54) is 32.1 Å². The molecule has 0 aromatic rings. The van der Waals surface area contributed by atoms with Crippen molar-refractivity contribution in [2.24, 2.45) is 40.2 Å². The lowest BCUT2D eigenvalue weighted by molar-refractivity contribution is -0.122. The predicted molar refractivity (Wildman–Crippen MR) is 88.0 cm³/mol. The Morgan fingerprint density at radius 1 is 1.18 bits per heavy atom. The van der Waals surface area contributed by atoms with Crippen LogP contribution in [0.3, 0.4) is 0 Å². The molecule has 0 bridgehead atoms. The first-order valence-electron chi connectivity index (χ1n) is 9.19. The zero-order chi connectivity index (χ0) is 15.5. The van der Waals surface area contributed by atoms with E-state index in [0.717, 1.165) is 36.6 Å². The van der Waals surface area contributed by atoms with Crippen molar-refractivity contribution in [3.63, 3.8) is 0 Å². The molecule has 4 rings (SSSR count). The molecule has 3 fully saturated rings. The van der Waals surface area contributed by atoms with Crippen LogP contribution in [0.15, 0.2) is 12.2 Å². The van der Waals surface area contributed by atoms with Crippen molar-refractivity contribution in [1.82, 2.24) is 5.32 Å². The Morgan fingerprint density at radius 3 is 2.77 bits per heavy atom. The minimum absolute atomic E-state index is 0.102. The zero-order valence-corrected chi connectivity index (χ0v) is 14.0. The van der Waals surface area contributed by atoms with E-state index in [1.54, 1.807) is 6.08 Å². The van der Waals surface area contributed by atoms with Crippen molar-refractivity contribution in [2.75, 3.05) is 6.54 Å². The van der Waals surface area contributed by atoms with Gasteiger partial charge in [-0.25, -0.2) is 0 Å². The summed E-state index contributed by atoms with van der Waals surface area (Å²) >= 11 is 0. The van der Waals surface area contributed by atoms with Gasteiger partial charge in [-0.2, -0.15) is 0 Å². The lowest BCUT2D eigenvalue weighted by Crippen LogP contribution is -2.59. The summed E-state index contributed by atoms with van der Waals surface area (Å²) in [7, 11) is 0. The molecule has 0 aromatic carbocycles. The molecule has 3 N–H and O–H groups in total. The van der Waals surface area contributed by atoms with Crippen LogP contribution in [-0.4, -0.2) is 18.5 Å². The lowest BCUT2D eigenvalue weighted by Gasteiger charge is -2.58. The van der Waals surface area contributed by atoms with Crippen molar-refractivity contribution >= 4 is 5.91 Å². The molecule has 3 aliphatic carbocycles. The van der Waals surface area contributed by atoms with E-state index in [9.17, 15) is 4.79 Å². The first kappa shape index (κ1) is 14.7. The summed E-state index contributed by atoms with van der Waals surface area (Å²) in [6, 6.07) is 0.349. The fourth-order valence-electron chi connectivity index (χ4n) is 6.83. The summed E-state index contributed by atoms with van der Waals surface area (Å²) in [5.74, 6) is 3.24. The molecule has 0 aromatic heterocycles. The van der Waals surface area contributed by atoms with Crippen molar-refractivity contribution in [2.45, 2.75) is 58.4 Å². The Bertz CT molecular complexity index is 516. The van der Waals surface area contributed by atoms with E-state index in [1.807, 2.05) is 0 Å². The first-order valence-corrected chi connectivity index (χ1v) is 9.19. The molecule has 3 heteroatoms. The maximum atomic E-state index is 11.7. The highest BCUT2D eigenvalue weighted by Crippen LogP contribution is 2.64. The van der Waals surface area contributed by atoms with Crippen LogP contribution >= 0.6 is 0 Å². The maximum absolute atomic E-state index is 11.7. The smallest absolute Gasteiger partial charge is 0.243 e. The molecular weight excluding hydrogens is 272 g/mol. The lowest BCUT2D eigenvalue weighted by atomic mass is 9.48. The maximum Gasteiger partial charge on any atom is 0.243 e. The highest BCUT2D eigenvalue weighted by atomic mass is 16.1. The summed E-state index contributed by atoms with van der Waals surface area (Å²) in [4.78, 5) is 11.7. The van der Waals surface area contributed by atoms with Crippen molar-refractivity contribution in [3.05, 3.63) is 12.2 Å². The number of nitrogens with one attached hydrogen (secondary N) is 1.